The fourth-order valence-electron chi connectivity index (χ4n) is 1.88. The smallest absolute Gasteiger partial charge is 0.262 e. The summed E-state index contributed by atoms with van der Waals surface area (Å²) in [5, 5.41) is 0. The molecule has 0 spiro atoms. The van der Waals surface area contributed by atoms with Crippen molar-refractivity contribution >= 4 is 37.3 Å². The Morgan fingerprint density at radius 1 is 1.05 bits per heavy atom. The second kappa shape index (κ2) is 5.46. The van der Waals surface area contributed by atoms with Crippen LogP contribution in [0.3, 0.4) is 0 Å². The van der Waals surface area contributed by atoms with Crippen molar-refractivity contribution < 1.29 is 8.42 Å². The fraction of sp³-hybridized carbons (Fsp3) is 0.143. The number of nitrogens with one attached hydrogen (secondary N) is 1. The Kier molecular flexibility index (Phi) is 4.06. The van der Waals surface area contributed by atoms with E-state index < -0.39 is 10.0 Å². The molecule has 0 aliphatic carbocycles. The maximum absolute atomic E-state index is 12.4. The van der Waals surface area contributed by atoms with Crippen molar-refractivity contribution in [2.24, 2.45) is 0 Å². The average molecular weight is 355 g/mol. The molecule has 0 atom stereocenters. The molecular weight excluding hydrogens is 340 g/mol. The number of anilines is 2. The van der Waals surface area contributed by atoms with Gasteiger partial charge in [0.1, 0.15) is 0 Å². The van der Waals surface area contributed by atoms with E-state index in [9.17, 15) is 8.42 Å². The van der Waals surface area contributed by atoms with Crippen LogP contribution in [0.25, 0.3) is 0 Å². The Morgan fingerprint density at radius 3 is 2.40 bits per heavy atom. The first-order chi connectivity index (χ1) is 9.29. The number of aryl methyl sites for hydroxylation is 2. The zero-order valence-corrected chi connectivity index (χ0v) is 13.5. The van der Waals surface area contributed by atoms with Crippen molar-refractivity contribution in [3.05, 3.63) is 52.0 Å². The van der Waals surface area contributed by atoms with E-state index in [4.69, 9.17) is 5.73 Å². The van der Waals surface area contributed by atoms with Gasteiger partial charge in [-0.25, -0.2) is 8.42 Å². The molecule has 4 nitrogen and oxygen atoms in total. The lowest BCUT2D eigenvalue weighted by Crippen LogP contribution is -2.15. The summed E-state index contributed by atoms with van der Waals surface area (Å²) < 4.78 is 28.3. The first kappa shape index (κ1) is 14.9. The molecule has 0 heterocycles. The average Bonchev–Trinajstić information content (AvgIpc) is 2.33. The van der Waals surface area contributed by atoms with Crippen LogP contribution in [0.1, 0.15) is 11.1 Å². The summed E-state index contributed by atoms with van der Waals surface area (Å²) in [4.78, 5) is 0.228. The van der Waals surface area contributed by atoms with Gasteiger partial charge in [-0.15, -0.1) is 0 Å². The van der Waals surface area contributed by atoms with E-state index in [2.05, 4.69) is 20.7 Å². The zero-order valence-electron chi connectivity index (χ0n) is 11.1. The molecule has 0 unspecified atom stereocenters. The van der Waals surface area contributed by atoms with Gasteiger partial charge in [-0.2, -0.15) is 0 Å². The summed E-state index contributed by atoms with van der Waals surface area (Å²) in [5.41, 5.74) is 8.21. The van der Waals surface area contributed by atoms with Crippen molar-refractivity contribution in [2.75, 3.05) is 10.5 Å². The van der Waals surface area contributed by atoms with Crippen LogP contribution in [0.4, 0.5) is 11.4 Å². The van der Waals surface area contributed by atoms with Crippen molar-refractivity contribution in [3.63, 3.8) is 0 Å². The van der Waals surface area contributed by atoms with Gasteiger partial charge in [0.15, 0.2) is 0 Å². The summed E-state index contributed by atoms with van der Waals surface area (Å²) in [5.74, 6) is 0. The van der Waals surface area contributed by atoms with Gasteiger partial charge in [0.2, 0.25) is 0 Å². The molecule has 2 rings (SSSR count). The highest BCUT2D eigenvalue weighted by atomic mass is 79.9. The molecule has 106 valence electrons. The van der Waals surface area contributed by atoms with Crippen LogP contribution >= 0.6 is 15.9 Å². The van der Waals surface area contributed by atoms with Gasteiger partial charge < -0.3 is 5.73 Å². The van der Waals surface area contributed by atoms with Crippen molar-refractivity contribution in [1.29, 1.82) is 0 Å². The molecule has 3 N–H and O–H groups in total. The molecule has 0 aliphatic rings. The van der Waals surface area contributed by atoms with E-state index in [-0.39, 0.29) is 4.90 Å². The first-order valence-electron chi connectivity index (χ1n) is 5.95. The minimum atomic E-state index is -3.63. The standard InChI is InChI=1S/C14H15BrN2O2S/c1-9-3-4-11(15)8-13(9)17-20(18,19)14-6-5-12(16)7-10(14)2/h3-8,17H,16H2,1-2H3. The van der Waals surface area contributed by atoms with E-state index in [1.165, 1.54) is 6.07 Å². The van der Waals surface area contributed by atoms with E-state index in [1.807, 2.05) is 19.1 Å². The van der Waals surface area contributed by atoms with Gasteiger partial charge in [-0.1, -0.05) is 22.0 Å². The Balaban J connectivity index is 2.43. The maximum atomic E-state index is 12.4. The molecular formula is C14H15BrN2O2S. The number of nitrogens with two attached hydrogens (primary N) is 1. The minimum absolute atomic E-state index is 0.228. The number of benzene rings is 2. The van der Waals surface area contributed by atoms with Crippen molar-refractivity contribution in [3.8, 4) is 0 Å². The van der Waals surface area contributed by atoms with Gasteiger partial charge in [-0.3, -0.25) is 4.72 Å². The van der Waals surface area contributed by atoms with Crippen LogP contribution in [0.2, 0.25) is 0 Å². The summed E-state index contributed by atoms with van der Waals surface area (Å²) in [6.07, 6.45) is 0. The number of hydrogen-bond acceptors (Lipinski definition) is 3. The fourth-order valence-corrected chi connectivity index (χ4v) is 3.59. The molecule has 0 saturated carbocycles. The van der Waals surface area contributed by atoms with Crippen LogP contribution in [-0.4, -0.2) is 8.42 Å². The van der Waals surface area contributed by atoms with E-state index in [0.717, 1.165) is 10.0 Å². The number of hydrogen-bond donors (Lipinski definition) is 2. The monoisotopic (exact) mass is 354 g/mol. The van der Waals surface area contributed by atoms with Gasteiger partial charge in [0.25, 0.3) is 10.0 Å². The molecule has 0 saturated heterocycles. The second-order valence-corrected chi connectivity index (χ2v) is 7.16. The molecule has 2 aromatic rings. The predicted molar refractivity (Wildman–Crippen MR) is 85.3 cm³/mol. The largest absolute Gasteiger partial charge is 0.399 e. The molecule has 0 aromatic heterocycles. The highest BCUT2D eigenvalue weighted by molar-refractivity contribution is 9.10. The number of rotatable bonds is 3. The lowest BCUT2D eigenvalue weighted by Gasteiger charge is -2.13. The second-order valence-electron chi connectivity index (χ2n) is 4.59. The third-order valence-electron chi connectivity index (χ3n) is 2.93. The lowest BCUT2D eigenvalue weighted by molar-refractivity contribution is 0.600. The zero-order chi connectivity index (χ0) is 14.9. The van der Waals surface area contributed by atoms with Crippen LogP contribution in [-0.2, 0) is 10.0 Å². The molecule has 0 radical (unpaired) electrons. The number of sulfonamides is 1. The third-order valence-corrected chi connectivity index (χ3v) is 4.95. The Labute approximate surface area is 127 Å². The van der Waals surface area contributed by atoms with Crippen molar-refractivity contribution in [1.82, 2.24) is 0 Å². The molecule has 20 heavy (non-hydrogen) atoms. The van der Waals surface area contributed by atoms with E-state index in [0.29, 0.717) is 16.9 Å². The van der Waals surface area contributed by atoms with Gasteiger partial charge in [0, 0.05) is 10.2 Å². The lowest BCUT2D eigenvalue weighted by atomic mass is 10.2. The van der Waals surface area contributed by atoms with Crippen LogP contribution in [0.15, 0.2) is 45.8 Å². The van der Waals surface area contributed by atoms with E-state index in [1.54, 1.807) is 25.1 Å². The molecule has 0 fully saturated rings. The molecule has 2 aromatic carbocycles. The predicted octanol–water partition coefficient (Wildman–Crippen LogP) is 3.45. The SMILES string of the molecule is Cc1ccc(Br)cc1NS(=O)(=O)c1ccc(N)cc1C. The Bertz CT molecular complexity index is 758. The minimum Gasteiger partial charge on any atom is -0.399 e. The van der Waals surface area contributed by atoms with Gasteiger partial charge in [0.05, 0.1) is 10.6 Å². The molecule has 0 bridgehead atoms. The Morgan fingerprint density at radius 2 is 1.75 bits per heavy atom. The highest BCUT2D eigenvalue weighted by Gasteiger charge is 2.17. The van der Waals surface area contributed by atoms with Crippen LogP contribution < -0.4 is 10.5 Å². The summed E-state index contributed by atoms with van der Waals surface area (Å²) in [6.45, 7) is 3.57. The number of halogens is 1. The van der Waals surface area contributed by atoms with E-state index >= 15 is 0 Å². The molecule has 0 aliphatic heterocycles. The Hall–Kier alpha value is -1.53. The maximum Gasteiger partial charge on any atom is 0.262 e. The topological polar surface area (TPSA) is 72.2 Å². The van der Waals surface area contributed by atoms with Crippen LogP contribution in [0.5, 0.6) is 0 Å². The van der Waals surface area contributed by atoms with Gasteiger partial charge >= 0.3 is 0 Å². The molecule has 0 amide bonds. The summed E-state index contributed by atoms with van der Waals surface area (Å²) in [6, 6.07) is 10.2. The quantitative estimate of drug-likeness (QED) is 0.829. The first-order valence-corrected chi connectivity index (χ1v) is 8.22. The third kappa shape index (κ3) is 3.13. The molecule has 6 heteroatoms. The highest BCUT2D eigenvalue weighted by Crippen LogP contribution is 2.25. The summed E-state index contributed by atoms with van der Waals surface area (Å²) in [7, 11) is -3.63. The van der Waals surface area contributed by atoms with Crippen molar-refractivity contribution in [2.45, 2.75) is 18.7 Å². The number of nitrogen functional groups attached to an aromatic ring is 1. The summed E-state index contributed by atoms with van der Waals surface area (Å²) >= 11 is 3.33. The normalized spacial score (nSPS) is 11.3. The van der Waals surface area contributed by atoms with Crippen LogP contribution in [0, 0.1) is 13.8 Å². The van der Waals surface area contributed by atoms with Gasteiger partial charge in [-0.05, 0) is 55.3 Å².